The molecule has 3 aromatic rings. The van der Waals surface area contributed by atoms with E-state index in [2.05, 4.69) is 14.7 Å². The first-order valence-electron chi connectivity index (χ1n) is 8.25. The summed E-state index contributed by atoms with van der Waals surface area (Å²) in [7, 11) is -3.86. The molecule has 0 aliphatic carbocycles. The van der Waals surface area contributed by atoms with Crippen molar-refractivity contribution in [1.82, 2.24) is 4.98 Å². The Balaban J connectivity index is 1.97. The van der Waals surface area contributed by atoms with E-state index in [1.165, 1.54) is 0 Å². The Bertz CT molecular complexity index is 1050. The molecule has 1 N–H and O–H groups in total. The maximum Gasteiger partial charge on any atom is 0.283 e. The molecule has 2 aromatic carbocycles. The number of aromatic nitrogens is 1. The molecule has 3 rings (SSSR count). The fourth-order valence-corrected chi connectivity index (χ4v) is 3.63. The number of anilines is 1. The van der Waals surface area contributed by atoms with Gasteiger partial charge in [-0.1, -0.05) is 47.5 Å². The Morgan fingerprint density at radius 1 is 1.07 bits per heavy atom. The number of halogens is 1. The van der Waals surface area contributed by atoms with E-state index in [0.717, 1.165) is 11.1 Å². The van der Waals surface area contributed by atoms with Gasteiger partial charge in [0.15, 0.2) is 0 Å². The van der Waals surface area contributed by atoms with Crippen molar-refractivity contribution >= 4 is 33.3 Å². The van der Waals surface area contributed by atoms with Crippen LogP contribution in [0.4, 0.5) is 5.82 Å². The monoisotopic (exact) mass is 399 g/mol. The molecule has 1 aromatic heterocycles. The summed E-state index contributed by atoms with van der Waals surface area (Å²) >= 11 is 6.04. The summed E-state index contributed by atoms with van der Waals surface area (Å²) in [5, 5.41) is 3.58. The fraction of sp³-hybridized carbons (Fsp3) is 0.100. The third-order valence-electron chi connectivity index (χ3n) is 3.75. The standard InChI is InChI=1S/C20H18ClN3O2S/c1-15-8-10-18(11-9-15)27(25,26)24-20(23-19-7-2-3-12-22-19)14-16-5-4-6-17(21)13-16/h2-13H,14H2,1H3,(H,22,23,24). The van der Waals surface area contributed by atoms with Crippen molar-refractivity contribution in [2.24, 2.45) is 4.40 Å². The van der Waals surface area contributed by atoms with Crippen molar-refractivity contribution < 1.29 is 8.42 Å². The summed E-state index contributed by atoms with van der Waals surface area (Å²) in [6, 6.07) is 19.1. The van der Waals surface area contributed by atoms with E-state index < -0.39 is 10.0 Å². The number of rotatable bonds is 5. The van der Waals surface area contributed by atoms with Gasteiger partial charge in [-0.15, -0.1) is 4.40 Å². The zero-order valence-electron chi connectivity index (χ0n) is 14.6. The number of nitrogens with zero attached hydrogens (tertiary/aromatic N) is 2. The molecule has 0 saturated carbocycles. The van der Waals surface area contributed by atoms with Gasteiger partial charge in [0.1, 0.15) is 11.7 Å². The van der Waals surface area contributed by atoms with E-state index in [4.69, 9.17) is 11.6 Å². The molecule has 0 aliphatic rings. The predicted molar refractivity (Wildman–Crippen MR) is 109 cm³/mol. The number of hydrogen-bond acceptors (Lipinski definition) is 3. The molecule has 0 spiro atoms. The fourth-order valence-electron chi connectivity index (χ4n) is 2.43. The van der Waals surface area contributed by atoms with Crippen molar-refractivity contribution in [3.63, 3.8) is 0 Å². The lowest BCUT2D eigenvalue weighted by Crippen LogP contribution is -2.18. The van der Waals surface area contributed by atoms with Crippen LogP contribution in [0.2, 0.25) is 5.02 Å². The van der Waals surface area contributed by atoms with Gasteiger partial charge in [-0.25, -0.2) is 4.98 Å². The molecule has 1 heterocycles. The molecule has 0 aliphatic heterocycles. The number of benzene rings is 2. The minimum atomic E-state index is -3.86. The van der Waals surface area contributed by atoms with Gasteiger partial charge >= 0.3 is 0 Å². The van der Waals surface area contributed by atoms with Crippen molar-refractivity contribution in [2.45, 2.75) is 18.2 Å². The van der Waals surface area contributed by atoms with Crippen LogP contribution in [0, 0.1) is 6.92 Å². The smallest absolute Gasteiger partial charge is 0.283 e. The van der Waals surface area contributed by atoms with E-state index in [1.807, 2.05) is 19.1 Å². The SMILES string of the molecule is Cc1ccc(S(=O)(=O)N=C(Cc2cccc(Cl)c2)Nc2ccccn2)cc1. The third-order valence-corrected chi connectivity index (χ3v) is 5.31. The Kier molecular flexibility index (Phi) is 5.88. The minimum absolute atomic E-state index is 0.138. The van der Waals surface area contributed by atoms with Crippen molar-refractivity contribution in [3.05, 3.63) is 89.1 Å². The van der Waals surface area contributed by atoms with Gasteiger partial charge in [0.05, 0.1) is 4.90 Å². The van der Waals surface area contributed by atoms with Crippen molar-refractivity contribution in [2.75, 3.05) is 5.32 Å². The lowest BCUT2D eigenvalue weighted by atomic mass is 10.1. The quantitative estimate of drug-likeness (QED) is 0.507. The van der Waals surface area contributed by atoms with Crippen LogP contribution in [-0.4, -0.2) is 19.2 Å². The zero-order valence-corrected chi connectivity index (χ0v) is 16.2. The van der Waals surface area contributed by atoms with E-state index in [0.29, 0.717) is 10.8 Å². The number of sulfonamides is 1. The van der Waals surface area contributed by atoms with E-state index >= 15 is 0 Å². The molecule has 0 atom stereocenters. The van der Waals surface area contributed by atoms with E-state index in [1.54, 1.807) is 60.8 Å². The Morgan fingerprint density at radius 2 is 1.85 bits per heavy atom. The Labute approximate surface area is 163 Å². The van der Waals surface area contributed by atoms with Gasteiger partial charge in [-0.2, -0.15) is 8.42 Å². The molecule has 0 fully saturated rings. The minimum Gasteiger partial charge on any atom is -0.327 e. The first kappa shape index (κ1) is 19.1. The zero-order chi connectivity index (χ0) is 19.3. The summed E-state index contributed by atoms with van der Waals surface area (Å²) in [4.78, 5) is 4.32. The van der Waals surface area contributed by atoms with Crippen LogP contribution in [0.5, 0.6) is 0 Å². The van der Waals surface area contributed by atoms with Crippen LogP contribution in [0.25, 0.3) is 0 Å². The lowest BCUT2D eigenvalue weighted by molar-refractivity contribution is 0.598. The van der Waals surface area contributed by atoms with Gasteiger partial charge in [0.25, 0.3) is 10.0 Å². The van der Waals surface area contributed by atoms with Crippen LogP contribution in [0.3, 0.4) is 0 Å². The van der Waals surface area contributed by atoms with Crippen molar-refractivity contribution in [1.29, 1.82) is 0 Å². The molecule has 0 unspecified atom stereocenters. The van der Waals surface area contributed by atoms with Crippen LogP contribution in [0.15, 0.2) is 82.2 Å². The normalized spacial score (nSPS) is 12.0. The van der Waals surface area contributed by atoms with Crippen molar-refractivity contribution in [3.8, 4) is 0 Å². The molecule has 7 heteroatoms. The average Bonchev–Trinajstić information content (AvgIpc) is 2.62. The second-order valence-electron chi connectivity index (χ2n) is 5.97. The third kappa shape index (κ3) is 5.39. The van der Waals surface area contributed by atoms with Gasteiger partial charge in [-0.3, -0.25) is 0 Å². The number of amidine groups is 1. The highest BCUT2D eigenvalue weighted by Gasteiger charge is 2.15. The Hall–Kier alpha value is -2.70. The highest BCUT2D eigenvalue weighted by Crippen LogP contribution is 2.16. The Morgan fingerprint density at radius 3 is 2.52 bits per heavy atom. The molecule has 0 bridgehead atoms. The highest BCUT2D eigenvalue weighted by atomic mass is 35.5. The first-order valence-corrected chi connectivity index (χ1v) is 10.1. The molecule has 27 heavy (non-hydrogen) atoms. The molecule has 138 valence electrons. The van der Waals surface area contributed by atoms with E-state index in [-0.39, 0.29) is 17.2 Å². The largest absolute Gasteiger partial charge is 0.327 e. The maximum absolute atomic E-state index is 12.7. The average molecular weight is 400 g/mol. The number of hydrogen-bond donors (Lipinski definition) is 1. The second-order valence-corrected chi connectivity index (χ2v) is 8.01. The molecular formula is C20H18ClN3O2S. The summed E-state index contributed by atoms with van der Waals surface area (Å²) in [6.45, 7) is 1.90. The topological polar surface area (TPSA) is 71.4 Å². The predicted octanol–water partition coefficient (Wildman–Crippen LogP) is 4.49. The summed E-state index contributed by atoms with van der Waals surface area (Å²) < 4.78 is 29.5. The lowest BCUT2D eigenvalue weighted by Gasteiger charge is -2.10. The number of aryl methyl sites for hydroxylation is 1. The van der Waals surface area contributed by atoms with Gasteiger partial charge in [0, 0.05) is 17.6 Å². The van der Waals surface area contributed by atoms with Crippen LogP contribution in [0.1, 0.15) is 11.1 Å². The molecule has 0 saturated heterocycles. The summed E-state index contributed by atoms with van der Waals surface area (Å²) in [5.74, 6) is 0.772. The van der Waals surface area contributed by atoms with Crippen LogP contribution < -0.4 is 5.32 Å². The van der Waals surface area contributed by atoms with Gasteiger partial charge < -0.3 is 5.32 Å². The molecule has 0 radical (unpaired) electrons. The second kappa shape index (κ2) is 8.33. The summed E-state index contributed by atoms with van der Waals surface area (Å²) in [6.07, 6.45) is 1.88. The highest BCUT2D eigenvalue weighted by molar-refractivity contribution is 7.90. The molecule has 0 amide bonds. The molecule has 5 nitrogen and oxygen atoms in total. The first-order chi connectivity index (χ1) is 12.9. The van der Waals surface area contributed by atoms with Gasteiger partial charge in [-0.05, 0) is 48.9 Å². The van der Waals surface area contributed by atoms with E-state index in [9.17, 15) is 8.42 Å². The maximum atomic E-state index is 12.7. The van der Waals surface area contributed by atoms with Crippen LogP contribution in [-0.2, 0) is 16.4 Å². The summed E-state index contributed by atoms with van der Waals surface area (Å²) in [5.41, 5.74) is 1.81. The molecular weight excluding hydrogens is 382 g/mol. The number of nitrogens with one attached hydrogen (secondary N) is 1. The number of pyridine rings is 1. The van der Waals surface area contributed by atoms with Gasteiger partial charge in [0.2, 0.25) is 0 Å². The van der Waals surface area contributed by atoms with Crippen LogP contribution >= 0.6 is 11.6 Å².